The minimum absolute atomic E-state index is 0.788. The molecule has 1 aromatic carbocycles. The molecule has 0 unspecified atom stereocenters. The predicted molar refractivity (Wildman–Crippen MR) is 88.2 cm³/mol. The van der Waals surface area contributed by atoms with Gasteiger partial charge in [-0.3, -0.25) is 0 Å². The maximum atomic E-state index is 6.25. The van der Waals surface area contributed by atoms with E-state index in [9.17, 15) is 0 Å². The zero-order valence-electron chi connectivity index (χ0n) is 12.4. The lowest BCUT2D eigenvalue weighted by molar-refractivity contribution is 0.698. The minimum Gasteiger partial charge on any atom is -0.383 e. The van der Waals surface area contributed by atoms with Gasteiger partial charge in [0, 0.05) is 27.3 Å². The Hall–Kier alpha value is -1.41. The third kappa shape index (κ3) is 3.57. The molecule has 0 aliphatic rings. The molecule has 0 saturated heterocycles. The van der Waals surface area contributed by atoms with Crippen LogP contribution in [0.25, 0.3) is 10.9 Å². The number of H-pyrrole nitrogens is 1. The highest BCUT2D eigenvalue weighted by Gasteiger charge is 2.05. The zero-order chi connectivity index (χ0) is 14.5. The van der Waals surface area contributed by atoms with Crippen LogP contribution in [0.2, 0.25) is 5.02 Å². The van der Waals surface area contributed by atoms with Crippen molar-refractivity contribution in [2.24, 2.45) is 0 Å². The monoisotopic (exact) mass is 290 g/mol. The van der Waals surface area contributed by atoms with Gasteiger partial charge in [0.25, 0.3) is 0 Å². The van der Waals surface area contributed by atoms with Crippen molar-refractivity contribution in [3.63, 3.8) is 0 Å². The number of unbranched alkanes of at least 4 members (excludes halogenated alkanes) is 1. The lowest BCUT2D eigenvalue weighted by Gasteiger charge is -2.07. The first-order chi connectivity index (χ1) is 9.63. The maximum absolute atomic E-state index is 6.25. The summed E-state index contributed by atoms with van der Waals surface area (Å²) in [4.78, 5) is 3.45. The van der Waals surface area contributed by atoms with Crippen molar-refractivity contribution in [3.05, 3.63) is 46.8 Å². The number of allylic oxidation sites excluding steroid dienone is 1. The van der Waals surface area contributed by atoms with Crippen LogP contribution in [0.5, 0.6) is 0 Å². The Labute approximate surface area is 126 Å². The number of benzene rings is 1. The van der Waals surface area contributed by atoms with Crippen molar-refractivity contribution in [3.8, 4) is 0 Å². The molecule has 1 heterocycles. The minimum atomic E-state index is 0.788. The average Bonchev–Trinajstić information content (AvgIpc) is 2.83. The number of fused-ring (bicyclic) bond motifs is 1. The number of halogens is 1. The van der Waals surface area contributed by atoms with Crippen LogP contribution in [0, 0.1) is 0 Å². The molecular formula is C17H23ClN2. The average molecular weight is 291 g/mol. The number of aryl methyl sites for hydroxylation is 1. The number of rotatable bonds is 7. The first kappa shape index (κ1) is 15.0. The van der Waals surface area contributed by atoms with Gasteiger partial charge in [0.1, 0.15) is 0 Å². The van der Waals surface area contributed by atoms with Gasteiger partial charge in [-0.15, -0.1) is 0 Å². The highest BCUT2D eigenvalue weighted by Crippen LogP contribution is 2.25. The number of nitrogens with one attached hydrogen (secondary N) is 2. The summed E-state index contributed by atoms with van der Waals surface area (Å²) in [5.41, 5.74) is 4.62. The topological polar surface area (TPSA) is 27.8 Å². The van der Waals surface area contributed by atoms with Crippen LogP contribution in [-0.4, -0.2) is 4.98 Å². The first-order valence-corrected chi connectivity index (χ1v) is 7.73. The Morgan fingerprint density at radius 2 is 2.10 bits per heavy atom. The van der Waals surface area contributed by atoms with Crippen molar-refractivity contribution >= 4 is 22.5 Å². The molecule has 2 aromatic rings. The quantitative estimate of drug-likeness (QED) is 0.723. The summed E-state index contributed by atoms with van der Waals surface area (Å²) >= 11 is 6.25. The van der Waals surface area contributed by atoms with E-state index in [-0.39, 0.29) is 0 Å². The van der Waals surface area contributed by atoms with Gasteiger partial charge in [-0.05, 0) is 43.0 Å². The van der Waals surface area contributed by atoms with Crippen LogP contribution >= 0.6 is 11.6 Å². The van der Waals surface area contributed by atoms with E-state index in [1.54, 1.807) is 0 Å². The van der Waals surface area contributed by atoms with Crippen molar-refractivity contribution in [1.82, 2.24) is 10.3 Å². The summed E-state index contributed by atoms with van der Waals surface area (Å²) in [5, 5.41) is 5.40. The summed E-state index contributed by atoms with van der Waals surface area (Å²) in [6.07, 6.45) is 4.39. The van der Waals surface area contributed by atoms with Gasteiger partial charge in [-0.25, -0.2) is 0 Å². The zero-order valence-corrected chi connectivity index (χ0v) is 13.1. The lowest BCUT2D eigenvalue weighted by Crippen LogP contribution is -2.11. The van der Waals surface area contributed by atoms with E-state index >= 15 is 0 Å². The van der Waals surface area contributed by atoms with Gasteiger partial charge in [-0.2, -0.15) is 0 Å². The molecule has 108 valence electrons. The van der Waals surface area contributed by atoms with Gasteiger partial charge in [0.05, 0.1) is 6.54 Å². The van der Waals surface area contributed by atoms with Gasteiger partial charge < -0.3 is 10.3 Å². The lowest BCUT2D eigenvalue weighted by atomic mass is 10.1. The molecular weight excluding hydrogens is 268 g/mol. The van der Waals surface area contributed by atoms with Crippen molar-refractivity contribution in [2.75, 3.05) is 0 Å². The summed E-state index contributed by atoms with van der Waals surface area (Å²) in [6, 6.07) is 6.34. The number of hydrogen-bond donors (Lipinski definition) is 2. The highest BCUT2D eigenvalue weighted by molar-refractivity contribution is 6.32. The van der Waals surface area contributed by atoms with E-state index in [0.29, 0.717) is 0 Å². The normalized spacial score (nSPS) is 10.9. The molecule has 2 N–H and O–H groups in total. The number of aromatic nitrogens is 1. The van der Waals surface area contributed by atoms with E-state index in [4.69, 9.17) is 11.6 Å². The molecule has 2 rings (SSSR count). The Kier molecular flexibility index (Phi) is 5.13. The fourth-order valence-corrected chi connectivity index (χ4v) is 2.63. The van der Waals surface area contributed by atoms with E-state index in [0.717, 1.165) is 35.6 Å². The molecule has 0 saturated carbocycles. The fourth-order valence-electron chi connectivity index (χ4n) is 2.32. The van der Waals surface area contributed by atoms with Crippen LogP contribution in [0.15, 0.2) is 30.5 Å². The molecule has 1 aromatic heterocycles. The predicted octanol–water partition coefficient (Wildman–Crippen LogP) is 5.18. The van der Waals surface area contributed by atoms with Crippen LogP contribution in [-0.2, 0) is 13.0 Å². The van der Waals surface area contributed by atoms with Crippen LogP contribution in [0.1, 0.15) is 44.4 Å². The van der Waals surface area contributed by atoms with Crippen LogP contribution < -0.4 is 5.32 Å². The second kappa shape index (κ2) is 6.85. The van der Waals surface area contributed by atoms with Crippen LogP contribution in [0.4, 0.5) is 0 Å². The van der Waals surface area contributed by atoms with E-state index < -0.39 is 0 Å². The van der Waals surface area contributed by atoms with E-state index in [1.807, 2.05) is 6.07 Å². The van der Waals surface area contributed by atoms with Gasteiger partial charge >= 0.3 is 0 Å². The second-order valence-electron chi connectivity index (χ2n) is 5.24. The third-order valence-electron chi connectivity index (χ3n) is 3.59. The highest BCUT2D eigenvalue weighted by atomic mass is 35.5. The Bertz CT molecular complexity index is 598. The smallest absolute Gasteiger partial charge is 0.0548 e. The standard InChI is InChI=1S/C17H23ClN2/c1-4-6-7-12(3)19-11-15-8-14-9-16(18)13(5-2)10-17(14)20-15/h8-10,19-20H,3-7,11H2,1-2H3. The van der Waals surface area contributed by atoms with Crippen molar-refractivity contribution in [2.45, 2.75) is 46.1 Å². The molecule has 0 amide bonds. The van der Waals surface area contributed by atoms with Gasteiger partial charge in [0.15, 0.2) is 0 Å². The molecule has 0 atom stereocenters. The molecule has 0 aliphatic heterocycles. The first-order valence-electron chi connectivity index (χ1n) is 7.35. The van der Waals surface area contributed by atoms with Gasteiger partial charge in [-0.1, -0.05) is 38.4 Å². The summed E-state index contributed by atoms with van der Waals surface area (Å²) < 4.78 is 0. The summed E-state index contributed by atoms with van der Waals surface area (Å²) in [6.45, 7) is 9.16. The molecule has 3 heteroatoms. The number of hydrogen-bond acceptors (Lipinski definition) is 1. The Balaban J connectivity index is 2.06. The third-order valence-corrected chi connectivity index (χ3v) is 3.94. The molecule has 0 aliphatic carbocycles. The maximum Gasteiger partial charge on any atom is 0.0548 e. The largest absolute Gasteiger partial charge is 0.383 e. The molecule has 0 bridgehead atoms. The van der Waals surface area contributed by atoms with Crippen molar-refractivity contribution < 1.29 is 0 Å². The Morgan fingerprint density at radius 3 is 2.80 bits per heavy atom. The molecule has 20 heavy (non-hydrogen) atoms. The molecule has 0 spiro atoms. The molecule has 0 fully saturated rings. The van der Waals surface area contributed by atoms with E-state index in [2.05, 4.69) is 42.9 Å². The second-order valence-corrected chi connectivity index (χ2v) is 5.65. The summed E-state index contributed by atoms with van der Waals surface area (Å²) in [7, 11) is 0. The van der Waals surface area contributed by atoms with Crippen molar-refractivity contribution in [1.29, 1.82) is 0 Å². The van der Waals surface area contributed by atoms with E-state index in [1.165, 1.54) is 29.5 Å². The van der Waals surface area contributed by atoms with Crippen LogP contribution in [0.3, 0.4) is 0 Å². The number of aromatic amines is 1. The molecule has 0 radical (unpaired) electrons. The van der Waals surface area contributed by atoms with Gasteiger partial charge in [0.2, 0.25) is 0 Å². The summed E-state index contributed by atoms with van der Waals surface area (Å²) in [5.74, 6) is 0. The Morgan fingerprint density at radius 1 is 1.30 bits per heavy atom. The fraction of sp³-hybridized carbons (Fsp3) is 0.412. The molecule has 2 nitrogen and oxygen atoms in total. The SMILES string of the molecule is C=C(CCCC)NCc1cc2cc(Cl)c(CC)cc2[nH]1.